The lowest BCUT2D eigenvalue weighted by atomic mass is 9.89. The van der Waals surface area contributed by atoms with Crippen LogP contribution in [0.25, 0.3) is 0 Å². The molecule has 0 aromatic carbocycles. The first-order valence-electron chi connectivity index (χ1n) is 7.36. The number of thioether (sulfide) groups is 1. The van der Waals surface area contributed by atoms with Crippen LogP contribution in [0.15, 0.2) is 0 Å². The van der Waals surface area contributed by atoms with Gasteiger partial charge in [0.15, 0.2) is 0 Å². The zero-order chi connectivity index (χ0) is 11.7. The molecule has 0 saturated carbocycles. The molecular weight excluding hydrogens is 228 g/mol. The molecule has 3 aliphatic heterocycles. The summed E-state index contributed by atoms with van der Waals surface area (Å²) in [5.74, 6) is 0.958. The average molecular weight is 254 g/mol. The first-order chi connectivity index (χ1) is 8.35. The van der Waals surface area contributed by atoms with Crippen LogP contribution in [0.5, 0.6) is 0 Å². The van der Waals surface area contributed by atoms with Gasteiger partial charge in [-0.25, -0.2) is 0 Å². The molecule has 0 spiro atoms. The van der Waals surface area contributed by atoms with Crippen molar-refractivity contribution < 1.29 is 0 Å². The van der Waals surface area contributed by atoms with Gasteiger partial charge >= 0.3 is 0 Å². The zero-order valence-corrected chi connectivity index (χ0v) is 11.8. The monoisotopic (exact) mass is 254 g/mol. The molecule has 3 fully saturated rings. The van der Waals surface area contributed by atoms with Crippen molar-refractivity contribution in [3.8, 4) is 0 Å². The van der Waals surface area contributed by atoms with Crippen LogP contribution < -0.4 is 5.32 Å². The Morgan fingerprint density at radius 3 is 2.82 bits per heavy atom. The van der Waals surface area contributed by atoms with E-state index in [0.717, 1.165) is 23.3 Å². The molecule has 0 aliphatic carbocycles. The molecule has 17 heavy (non-hydrogen) atoms. The van der Waals surface area contributed by atoms with Crippen molar-refractivity contribution in [1.29, 1.82) is 0 Å². The van der Waals surface area contributed by atoms with Gasteiger partial charge in [0.2, 0.25) is 0 Å². The first-order valence-corrected chi connectivity index (χ1v) is 8.65. The van der Waals surface area contributed by atoms with E-state index in [9.17, 15) is 0 Å². The summed E-state index contributed by atoms with van der Waals surface area (Å²) in [6.07, 6.45) is 10.9. The minimum atomic E-state index is 0.861. The van der Waals surface area contributed by atoms with Gasteiger partial charge < -0.3 is 10.2 Å². The van der Waals surface area contributed by atoms with Crippen molar-refractivity contribution in [2.75, 3.05) is 25.9 Å². The van der Waals surface area contributed by atoms with E-state index in [1.54, 1.807) is 0 Å². The predicted octanol–water partition coefficient (Wildman–Crippen LogP) is 2.34. The molecule has 4 unspecified atom stereocenters. The predicted molar refractivity (Wildman–Crippen MR) is 75.6 cm³/mol. The van der Waals surface area contributed by atoms with Gasteiger partial charge in [-0.15, -0.1) is 0 Å². The Bertz CT molecular complexity index is 259. The standard InChI is InChI=1S/C14H26N2S/c1-17-13-3-2-7-16(8-6-13)10-11-9-12-4-5-14(11)15-12/h11-15H,2-10H2,1H3. The van der Waals surface area contributed by atoms with Gasteiger partial charge in [-0.2, -0.15) is 11.8 Å². The van der Waals surface area contributed by atoms with E-state index in [-0.39, 0.29) is 0 Å². The lowest BCUT2D eigenvalue weighted by Gasteiger charge is -2.28. The molecule has 2 nitrogen and oxygen atoms in total. The van der Waals surface area contributed by atoms with Crippen molar-refractivity contribution in [3.05, 3.63) is 0 Å². The van der Waals surface area contributed by atoms with E-state index in [1.807, 2.05) is 0 Å². The number of nitrogens with one attached hydrogen (secondary N) is 1. The summed E-state index contributed by atoms with van der Waals surface area (Å²) < 4.78 is 0. The normalized spacial score (nSPS) is 42.9. The first kappa shape index (κ1) is 12.3. The Morgan fingerprint density at radius 1 is 1.18 bits per heavy atom. The maximum atomic E-state index is 3.77. The molecule has 3 heteroatoms. The van der Waals surface area contributed by atoms with Gasteiger partial charge in [0.1, 0.15) is 0 Å². The molecule has 0 aromatic rings. The minimum absolute atomic E-state index is 0.861. The van der Waals surface area contributed by atoms with Gasteiger partial charge in [-0.1, -0.05) is 0 Å². The van der Waals surface area contributed by atoms with Crippen LogP contribution >= 0.6 is 11.8 Å². The summed E-state index contributed by atoms with van der Waals surface area (Å²) in [6.45, 7) is 4.07. The molecular formula is C14H26N2S. The Balaban J connectivity index is 1.48. The second kappa shape index (κ2) is 5.50. The quantitative estimate of drug-likeness (QED) is 0.832. The Kier molecular flexibility index (Phi) is 3.98. The van der Waals surface area contributed by atoms with E-state index in [2.05, 4.69) is 28.2 Å². The fraction of sp³-hybridized carbons (Fsp3) is 1.00. The molecule has 0 radical (unpaired) electrons. The van der Waals surface area contributed by atoms with Gasteiger partial charge in [-0.3, -0.25) is 0 Å². The Hall–Kier alpha value is 0.270. The lowest BCUT2D eigenvalue weighted by Crippen LogP contribution is -2.36. The van der Waals surface area contributed by atoms with Crippen LogP contribution in [0, 0.1) is 5.92 Å². The Labute approximate surface area is 110 Å². The van der Waals surface area contributed by atoms with E-state index >= 15 is 0 Å². The minimum Gasteiger partial charge on any atom is -0.311 e. The molecule has 0 amide bonds. The Morgan fingerprint density at radius 2 is 2.12 bits per heavy atom. The molecule has 3 aliphatic rings. The molecule has 0 aromatic heterocycles. The van der Waals surface area contributed by atoms with Crippen molar-refractivity contribution >= 4 is 11.8 Å². The molecule has 3 heterocycles. The highest BCUT2D eigenvalue weighted by atomic mass is 32.2. The highest BCUT2D eigenvalue weighted by molar-refractivity contribution is 7.99. The zero-order valence-electron chi connectivity index (χ0n) is 11.0. The summed E-state index contributed by atoms with van der Waals surface area (Å²) in [5, 5.41) is 4.70. The summed E-state index contributed by atoms with van der Waals surface area (Å²) in [5.41, 5.74) is 0. The third kappa shape index (κ3) is 2.82. The largest absolute Gasteiger partial charge is 0.311 e. The second-order valence-corrected chi connectivity index (χ2v) is 7.27. The van der Waals surface area contributed by atoms with Crippen molar-refractivity contribution in [1.82, 2.24) is 10.2 Å². The fourth-order valence-electron chi connectivity index (χ4n) is 4.01. The SMILES string of the molecule is CSC1CCCN(CC2CC3CCC2N3)CC1. The fourth-order valence-corrected chi connectivity index (χ4v) is 4.76. The average Bonchev–Trinajstić information content (AvgIpc) is 2.87. The topological polar surface area (TPSA) is 15.3 Å². The van der Waals surface area contributed by atoms with Gasteiger partial charge in [0, 0.05) is 23.9 Å². The van der Waals surface area contributed by atoms with Crippen LogP contribution in [0.4, 0.5) is 0 Å². The maximum Gasteiger partial charge on any atom is 0.0111 e. The smallest absolute Gasteiger partial charge is 0.0111 e. The van der Waals surface area contributed by atoms with Gasteiger partial charge in [0.05, 0.1) is 0 Å². The molecule has 3 rings (SSSR count). The van der Waals surface area contributed by atoms with Crippen LogP contribution in [-0.4, -0.2) is 48.1 Å². The second-order valence-electron chi connectivity index (χ2n) is 6.13. The van der Waals surface area contributed by atoms with E-state index in [0.29, 0.717) is 0 Å². The number of likely N-dealkylation sites (tertiary alicyclic amines) is 1. The number of hydrogen-bond donors (Lipinski definition) is 1. The highest BCUT2D eigenvalue weighted by Gasteiger charge is 2.39. The van der Waals surface area contributed by atoms with Gasteiger partial charge in [-0.05, 0) is 63.8 Å². The lowest BCUT2D eigenvalue weighted by molar-refractivity contribution is 0.218. The van der Waals surface area contributed by atoms with Crippen molar-refractivity contribution in [2.45, 2.75) is 55.9 Å². The summed E-state index contributed by atoms with van der Waals surface area (Å²) in [6, 6.07) is 1.73. The summed E-state index contributed by atoms with van der Waals surface area (Å²) >= 11 is 2.08. The van der Waals surface area contributed by atoms with Crippen LogP contribution in [0.1, 0.15) is 38.5 Å². The van der Waals surface area contributed by atoms with Crippen LogP contribution in [0.2, 0.25) is 0 Å². The van der Waals surface area contributed by atoms with E-state index in [4.69, 9.17) is 0 Å². The number of hydrogen-bond acceptors (Lipinski definition) is 3. The summed E-state index contributed by atoms with van der Waals surface area (Å²) in [4.78, 5) is 2.75. The molecule has 1 N–H and O–H groups in total. The van der Waals surface area contributed by atoms with Crippen molar-refractivity contribution in [2.24, 2.45) is 5.92 Å². The highest BCUT2D eigenvalue weighted by Crippen LogP contribution is 2.34. The third-order valence-corrected chi connectivity index (χ3v) is 6.16. The van der Waals surface area contributed by atoms with Crippen LogP contribution in [-0.2, 0) is 0 Å². The van der Waals surface area contributed by atoms with Crippen LogP contribution in [0.3, 0.4) is 0 Å². The summed E-state index contributed by atoms with van der Waals surface area (Å²) in [7, 11) is 0. The maximum absolute atomic E-state index is 3.77. The van der Waals surface area contributed by atoms with E-state index < -0.39 is 0 Å². The van der Waals surface area contributed by atoms with E-state index in [1.165, 1.54) is 58.2 Å². The number of fused-ring (bicyclic) bond motifs is 2. The molecule has 4 atom stereocenters. The number of nitrogens with zero attached hydrogens (tertiary/aromatic N) is 1. The van der Waals surface area contributed by atoms with Gasteiger partial charge in [0.25, 0.3) is 0 Å². The third-order valence-electron chi connectivity index (χ3n) is 5.03. The number of rotatable bonds is 3. The van der Waals surface area contributed by atoms with Crippen molar-refractivity contribution in [3.63, 3.8) is 0 Å². The molecule has 98 valence electrons. The molecule has 2 bridgehead atoms. The molecule has 3 saturated heterocycles.